The highest BCUT2D eigenvalue weighted by molar-refractivity contribution is 9.11. The molecule has 2 rings (SSSR count). The van der Waals surface area contributed by atoms with Crippen molar-refractivity contribution in [1.29, 1.82) is 0 Å². The molecule has 0 atom stereocenters. The summed E-state index contributed by atoms with van der Waals surface area (Å²) in [5.41, 5.74) is -0.0126. The summed E-state index contributed by atoms with van der Waals surface area (Å²) in [4.78, 5) is 11.2. The Balaban J connectivity index is 2.43. The number of aromatic carboxylic acids is 1. The first-order valence-electron chi connectivity index (χ1n) is 5.66. The van der Waals surface area contributed by atoms with Gasteiger partial charge in [0.05, 0.1) is 16.1 Å². The quantitative estimate of drug-likeness (QED) is 0.701. The molecule has 2 aromatic carbocycles. The van der Waals surface area contributed by atoms with Crippen molar-refractivity contribution in [1.82, 2.24) is 0 Å². The molecule has 0 fully saturated rings. The zero-order valence-electron chi connectivity index (χ0n) is 10.7. The minimum Gasteiger partial charge on any atom is -0.496 e. The SMILES string of the molecule is COc1cc(Br)c(Oc2ccc(Cl)cc2C(=O)O)cc1Br. The maximum atomic E-state index is 11.2. The molecule has 0 saturated carbocycles. The van der Waals surface area contributed by atoms with Crippen LogP contribution in [-0.4, -0.2) is 18.2 Å². The number of methoxy groups -OCH3 is 1. The fourth-order valence-corrected chi connectivity index (χ4v) is 2.68. The molecule has 21 heavy (non-hydrogen) atoms. The molecule has 0 aromatic heterocycles. The smallest absolute Gasteiger partial charge is 0.339 e. The summed E-state index contributed by atoms with van der Waals surface area (Å²) in [5, 5.41) is 9.52. The number of ether oxygens (including phenoxy) is 2. The Morgan fingerprint density at radius 3 is 2.33 bits per heavy atom. The molecule has 0 radical (unpaired) electrons. The number of halogens is 3. The van der Waals surface area contributed by atoms with Crippen molar-refractivity contribution < 1.29 is 19.4 Å². The van der Waals surface area contributed by atoms with Crippen LogP contribution in [0.3, 0.4) is 0 Å². The lowest BCUT2D eigenvalue weighted by molar-refractivity contribution is 0.0694. The summed E-state index contributed by atoms with van der Waals surface area (Å²) in [6.07, 6.45) is 0. The largest absolute Gasteiger partial charge is 0.496 e. The molecule has 0 amide bonds. The van der Waals surface area contributed by atoms with Crippen molar-refractivity contribution in [3.8, 4) is 17.2 Å². The van der Waals surface area contributed by atoms with Gasteiger partial charge in [0.15, 0.2) is 0 Å². The van der Waals surface area contributed by atoms with E-state index in [0.717, 1.165) is 0 Å². The predicted octanol–water partition coefficient (Wildman–Crippen LogP) is 5.36. The Hall–Kier alpha value is -1.24. The van der Waals surface area contributed by atoms with Gasteiger partial charge in [0.1, 0.15) is 22.8 Å². The number of rotatable bonds is 4. The molecule has 7 heteroatoms. The molecule has 0 bridgehead atoms. The van der Waals surface area contributed by atoms with Crippen LogP contribution >= 0.6 is 43.5 Å². The van der Waals surface area contributed by atoms with Crippen molar-refractivity contribution in [2.75, 3.05) is 7.11 Å². The Kier molecular flexibility index (Phi) is 5.13. The molecule has 0 saturated heterocycles. The molecule has 0 aliphatic heterocycles. The summed E-state index contributed by atoms with van der Waals surface area (Å²) in [6.45, 7) is 0. The topological polar surface area (TPSA) is 55.8 Å². The van der Waals surface area contributed by atoms with Gasteiger partial charge in [0, 0.05) is 5.02 Å². The van der Waals surface area contributed by atoms with E-state index in [2.05, 4.69) is 31.9 Å². The maximum Gasteiger partial charge on any atom is 0.339 e. The van der Waals surface area contributed by atoms with E-state index < -0.39 is 5.97 Å². The van der Waals surface area contributed by atoms with Crippen LogP contribution < -0.4 is 9.47 Å². The number of benzene rings is 2. The van der Waals surface area contributed by atoms with Gasteiger partial charge in [-0.15, -0.1) is 0 Å². The second kappa shape index (κ2) is 6.68. The van der Waals surface area contributed by atoms with Gasteiger partial charge < -0.3 is 14.6 Å². The van der Waals surface area contributed by atoms with Gasteiger partial charge >= 0.3 is 5.97 Å². The highest BCUT2D eigenvalue weighted by atomic mass is 79.9. The van der Waals surface area contributed by atoms with E-state index in [4.69, 9.17) is 21.1 Å². The van der Waals surface area contributed by atoms with Crippen LogP contribution in [0.5, 0.6) is 17.2 Å². The third-order valence-corrected chi connectivity index (χ3v) is 4.07. The maximum absolute atomic E-state index is 11.2. The van der Waals surface area contributed by atoms with E-state index in [9.17, 15) is 9.90 Å². The van der Waals surface area contributed by atoms with E-state index in [0.29, 0.717) is 25.5 Å². The Morgan fingerprint density at radius 1 is 1.10 bits per heavy atom. The van der Waals surface area contributed by atoms with Crippen LogP contribution in [0.2, 0.25) is 5.02 Å². The van der Waals surface area contributed by atoms with Crippen LogP contribution in [0, 0.1) is 0 Å². The molecule has 110 valence electrons. The fourth-order valence-electron chi connectivity index (χ4n) is 1.62. The number of hydrogen-bond acceptors (Lipinski definition) is 3. The third-order valence-electron chi connectivity index (χ3n) is 2.60. The standard InChI is InChI=1S/C14H9Br2ClO4/c1-20-12-5-10(16)13(6-9(12)15)21-11-3-2-7(17)4-8(11)14(18)19/h2-6H,1H3,(H,18,19). The molecule has 4 nitrogen and oxygen atoms in total. The average molecular weight is 436 g/mol. The van der Waals surface area contributed by atoms with E-state index >= 15 is 0 Å². The number of carboxylic acids is 1. The van der Waals surface area contributed by atoms with E-state index in [-0.39, 0.29) is 11.3 Å². The fraction of sp³-hybridized carbons (Fsp3) is 0.0714. The van der Waals surface area contributed by atoms with Gasteiger partial charge in [0.25, 0.3) is 0 Å². The lowest BCUT2D eigenvalue weighted by Gasteiger charge is -2.12. The molecular formula is C14H9Br2ClO4. The molecule has 2 aromatic rings. The minimum atomic E-state index is -1.11. The molecule has 0 aliphatic rings. The Bertz CT molecular complexity index is 704. The molecule has 1 N–H and O–H groups in total. The second-order valence-electron chi connectivity index (χ2n) is 3.96. The van der Waals surface area contributed by atoms with Crippen molar-refractivity contribution in [2.45, 2.75) is 0 Å². The van der Waals surface area contributed by atoms with Crippen LogP contribution in [0.15, 0.2) is 39.3 Å². The lowest BCUT2D eigenvalue weighted by atomic mass is 10.2. The number of carboxylic acid groups (broad SMARTS) is 1. The first-order chi connectivity index (χ1) is 9.92. The monoisotopic (exact) mass is 434 g/mol. The normalized spacial score (nSPS) is 10.3. The highest BCUT2D eigenvalue weighted by Crippen LogP contribution is 2.39. The highest BCUT2D eigenvalue weighted by Gasteiger charge is 2.15. The van der Waals surface area contributed by atoms with Crippen molar-refractivity contribution >= 4 is 49.4 Å². The minimum absolute atomic E-state index is 0.0126. The molecule has 0 spiro atoms. The van der Waals surface area contributed by atoms with Crippen molar-refractivity contribution in [3.05, 3.63) is 49.9 Å². The zero-order valence-corrected chi connectivity index (χ0v) is 14.6. The van der Waals surface area contributed by atoms with Crippen molar-refractivity contribution in [2.24, 2.45) is 0 Å². The van der Waals surface area contributed by atoms with Crippen molar-refractivity contribution in [3.63, 3.8) is 0 Å². The molecule has 0 unspecified atom stereocenters. The van der Waals surface area contributed by atoms with E-state index in [1.54, 1.807) is 25.3 Å². The third kappa shape index (κ3) is 3.70. The average Bonchev–Trinajstić information content (AvgIpc) is 2.44. The van der Waals surface area contributed by atoms with Crippen LogP contribution in [-0.2, 0) is 0 Å². The molecule has 0 heterocycles. The van der Waals surface area contributed by atoms with Gasteiger partial charge in [-0.25, -0.2) is 4.79 Å². The van der Waals surface area contributed by atoms with Gasteiger partial charge in [-0.1, -0.05) is 11.6 Å². The first kappa shape index (κ1) is 16.1. The van der Waals surface area contributed by atoms with Gasteiger partial charge in [-0.2, -0.15) is 0 Å². The van der Waals surface area contributed by atoms with E-state index in [1.807, 2.05) is 0 Å². The summed E-state index contributed by atoms with van der Waals surface area (Å²) >= 11 is 12.5. The Morgan fingerprint density at radius 2 is 1.71 bits per heavy atom. The first-order valence-corrected chi connectivity index (χ1v) is 7.62. The van der Waals surface area contributed by atoms with Gasteiger partial charge in [0.2, 0.25) is 0 Å². The van der Waals surface area contributed by atoms with Crippen LogP contribution in [0.4, 0.5) is 0 Å². The van der Waals surface area contributed by atoms with E-state index in [1.165, 1.54) is 12.1 Å². The summed E-state index contributed by atoms with van der Waals surface area (Å²) in [5.74, 6) is 0.164. The zero-order chi connectivity index (χ0) is 15.6. The van der Waals surface area contributed by atoms with Crippen LogP contribution in [0.1, 0.15) is 10.4 Å². The Labute approximate surface area is 142 Å². The predicted molar refractivity (Wildman–Crippen MR) is 86.9 cm³/mol. The van der Waals surface area contributed by atoms with Gasteiger partial charge in [-0.3, -0.25) is 0 Å². The molecular weight excluding hydrogens is 427 g/mol. The van der Waals surface area contributed by atoms with Crippen LogP contribution in [0.25, 0.3) is 0 Å². The number of hydrogen-bond donors (Lipinski definition) is 1. The van der Waals surface area contributed by atoms with Gasteiger partial charge in [-0.05, 0) is 62.2 Å². The summed E-state index contributed by atoms with van der Waals surface area (Å²) in [7, 11) is 1.55. The molecule has 0 aliphatic carbocycles. The second-order valence-corrected chi connectivity index (χ2v) is 6.11. The summed E-state index contributed by atoms with van der Waals surface area (Å²) < 4.78 is 12.2. The number of carbonyl (C=O) groups is 1. The lowest BCUT2D eigenvalue weighted by Crippen LogP contribution is -2.00. The summed E-state index contributed by atoms with van der Waals surface area (Å²) in [6, 6.07) is 7.82.